The second-order valence-corrected chi connectivity index (χ2v) is 6.30. The molecule has 1 fully saturated rings. The number of carbonyl (C=O) groups excluding carboxylic acids is 1. The molecule has 3 nitrogen and oxygen atoms in total. The lowest BCUT2D eigenvalue weighted by molar-refractivity contribution is -0.135. The highest BCUT2D eigenvalue weighted by molar-refractivity contribution is 5.77. The Balaban J connectivity index is 1.95. The van der Waals surface area contributed by atoms with Gasteiger partial charge in [-0.25, -0.2) is 0 Å². The second kappa shape index (κ2) is 6.40. The molecule has 1 aromatic carbocycles. The van der Waals surface area contributed by atoms with E-state index in [0.717, 1.165) is 31.5 Å². The third-order valence-corrected chi connectivity index (χ3v) is 4.61. The van der Waals surface area contributed by atoms with Crippen LogP contribution in [0.2, 0.25) is 0 Å². The van der Waals surface area contributed by atoms with Crippen molar-refractivity contribution < 1.29 is 4.79 Å². The van der Waals surface area contributed by atoms with Crippen molar-refractivity contribution in [1.82, 2.24) is 4.90 Å². The van der Waals surface area contributed by atoms with Gasteiger partial charge in [0.05, 0.1) is 0 Å². The maximum absolute atomic E-state index is 12.4. The zero-order chi connectivity index (χ0) is 14.6. The summed E-state index contributed by atoms with van der Waals surface area (Å²) in [6.45, 7) is 6.26. The van der Waals surface area contributed by atoms with Crippen LogP contribution < -0.4 is 5.73 Å². The standard InChI is InChI=1S/C17H26N2O/c1-3-17(2)10-7-11-19(13-17)16(20)12-15(18)14-8-5-4-6-9-14/h4-6,8-9,15H,3,7,10-13,18H2,1-2H3. The van der Waals surface area contributed by atoms with Gasteiger partial charge in [0.1, 0.15) is 0 Å². The van der Waals surface area contributed by atoms with Crippen molar-refractivity contribution in [3.8, 4) is 0 Å². The van der Waals surface area contributed by atoms with E-state index in [1.165, 1.54) is 6.42 Å². The van der Waals surface area contributed by atoms with Crippen LogP contribution in [0, 0.1) is 5.41 Å². The van der Waals surface area contributed by atoms with Gasteiger partial charge in [-0.05, 0) is 30.2 Å². The molecule has 1 aliphatic rings. The lowest BCUT2D eigenvalue weighted by atomic mass is 9.79. The molecule has 1 saturated heterocycles. The zero-order valence-electron chi connectivity index (χ0n) is 12.6. The van der Waals surface area contributed by atoms with Crippen LogP contribution >= 0.6 is 0 Å². The van der Waals surface area contributed by atoms with Crippen molar-refractivity contribution in [1.29, 1.82) is 0 Å². The molecule has 20 heavy (non-hydrogen) atoms. The van der Waals surface area contributed by atoms with Gasteiger partial charge in [-0.15, -0.1) is 0 Å². The Morgan fingerprint density at radius 3 is 2.75 bits per heavy atom. The number of carbonyl (C=O) groups is 1. The summed E-state index contributed by atoms with van der Waals surface area (Å²) >= 11 is 0. The molecule has 0 aliphatic carbocycles. The SMILES string of the molecule is CCC1(C)CCCN(C(=O)CC(N)c2ccccc2)C1. The summed E-state index contributed by atoms with van der Waals surface area (Å²) in [6, 6.07) is 9.69. The van der Waals surface area contributed by atoms with E-state index in [9.17, 15) is 4.79 Å². The summed E-state index contributed by atoms with van der Waals surface area (Å²) in [6.07, 6.45) is 3.86. The van der Waals surface area contributed by atoms with Gasteiger partial charge in [0.15, 0.2) is 0 Å². The molecule has 0 saturated carbocycles. The van der Waals surface area contributed by atoms with E-state index in [0.29, 0.717) is 6.42 Å². The molecular formula is C17H26N2O. The van der Waals surface area contributed by atoms with Gasteiger partial charge in [-0.1, -0.05) is 44.2 Å². The summed E-state index contributed by atoms with van der Waals surface area (Å²) in [5, 5.41) is 0. The molecule has 1 amide bonds. The van der Waals surface area contributed by atoms with Crippen LogP contribution in [0.5, 0.6) is 0 Å². The molecule has 1 aromatic rings. The Labute approximate surface area is 122 Å². The normalized spacial score (nSPS) is 24.4. The van der Waals surface area contributed by atoms with E-state index in [4.69, 9.17) is 5.73 Å². The third kappa shape index (κ3) is 3.60. The summed E-state index contributed by atoms with van der Waals surface area (Å²) in [5.41, 5.74) is 7.48. The number of hydrogen-bond acceptors (Lipinski definition) is 2. The number of nitrogens with two attached hydrogens (primary N) is 1. The van der Waals surface area contributed by atoms with Gasteiger partial charge in [0, 0.05) is 25.6 Å². The molecular weight excluding hydrogens is 248 g/mol. The van der Waals surface area contributed by atoms with Crippen molar-refractivity contribution >= 4 is 5.91 Å². The molecule has 2 unspecified atom stereocenters. The van der Waals surface area contributed by atoms with Crippen molar-refractivity contribution in [2.45, 2.75) is 45.6 Å². The van der Waals surface area contributed by atoms with Gasteiger partial charge < -0.3 is 10.6 Å². The average molecular weight is 274 g/mol. The van der Waals surface area contributed by atoms with Crippen LogP contribution in [-0.2, 0) is 4.79 Å². The van der Waals surface area contributed by atoms with E-state index in [1.807, 2.05) is 35.2 Å². The lowest BCUT2D eigenvalue weighted by Crippen LogP contribution is -2.45. The zero-order valence-corrected chi connectivity index (χ0v) is 12.6. The highest BCUT2D eigenvalue weighted by Crippen LogP contribution is 2.33. The van der Waals surface area contributed by atoms with Crippen LogP contribution in [0.3, 0.4) is 0 Å². The van der Waals surface area contributed by atoms with Crippen molar-refractivity contribution in [2.24, 2.45) is 11.1 Å². The minimum atomic E-state index is -0.196. The van der Waals surface area contributed by atoms with E-state index < -0.39 is 0 Å². The Bertz CT molecular complexity index is 446. The number of benzene rings is 1. The molecule has 2 rings (SSSR count). The lowest BCUT2D eigenvalue weighted by Gasteiger charge is -2.40. The molecule has 110 valence electrons. The molecule has 2 atom stereocenters. The smallest absolute Gasteiger partial charge is 0.224 e. The molecule has 0 bridgehead atoms. The van der Waals surface area contributed by atoms with Crippen LogP contribution in [-0.4, -0.2) is 23.9 Å². The predicted molar refractivity (Wildman–Crippen MR) is 82.2 cm³/mol. The van der Waals surface area contributed by atoms with Crippen molar-refractivity contribution in [2.75, 3.05) is 13.1 Å². The van der Waals surface area contributed by atoms with Crippen LogP contribution in [0.1, 0.15) is 51.1 Å². The predicted octanol–water partition coefficient (Wildman–Crippen LogP) is 3.12. The first-order valence-corrected chi connectivity index (χ1v) is 7.62. The Morgan fingerprint density at radius 1 is 1.40 bits per heavy atom. The summed E-state index contributed by atoms with van der Waals surface area (Å²) < 4.78 is 0. The van der Waals surface area contributed by atoms with Gasteiger partial charge in [0.2, 0.25) is 5.91 Å². The Kier molecular flexibility index (Phi) is 4.81. The molecule has 3 heteroatoms. The van der Waals surface area contributed by atoms with Gasteiger partial charge in [-0.2, -0.15) is 0 Å². The van der Waals surface area contributed by atoms with Crippen LogP contribution in [0.15, 0.2) is 30.3 Å². The van der Waals surface area contributed by atoms with E-state index >= 15 is 0 Å². The minimum Gasteiger partial charge on any atom is -0.342 e. The molecule has 2 N–H and O–H groups in total. The van der Waals surface area contributed by atoms with Gasteiger partial charge >= 0.3 is 0 Å². The maximum atomic E-state index is 12.4. The maximum Gasteiger partial charge on any atom is 0.224 e. The fourth-order valence-electron chi connectivity index (χ4n) is 2.95. The monoisotopic (exact) mass is 274 g/mol. The van der Waals surface area contributed by atoms with Crippen molar-refractivity contribution in [3.63, 3.8) is 0 Å². The fraction of sp³-hybridized carbons (Fsp3) is 0.588. The van der Waals surface area contributed by atoms with Crippen LogP contribution in [0.4, 0.5) is 0 Å². The molecule has 1 aliphatic heterocycles. The number of likely N-dealkylation sites (tertiary alicyclic amines) is 1. The van der Waals surface area contributed by atoms with E-state index in [-0.39, 0.29) is 17.4 Å². The largest absolute Gasteiger partial charge is 0.342 e. The fourth-order valence-corrected chi connectivity index (χ4v) is 2.95. The molecule has 0 spiro atoms. The van der Waals surface area contributed by atoms with E-state index in [2.05, 4.69) is 13.8 Å². The Morgan fingerprint density at radius 2 is 2.10 bits per heavy atom. The number of amides is 1. The molecule has 0 radical (unpaired) electrons. The molecule has 0 aromatic heterocycles. The summed E-state index contributed by atoms with van der Waals surface area (Å²) in [5.74, 6) is 0.195. The first-order chi connectivity index (χ1) is 9.54. The molecule has 1 heterocycles. The number of hydrogen-bond donors (Lipinski definition) is 1. The average Bonchev–Trinajstić information content (AvgIpc) is 2.48. The van der Waals surface area contributed by atoms with E-state index in [1.54, 1.807) is 0 Å². The number of rotatable bonds is 4. The Hall–Kier alpha value is -1.35. The summed E-state index contributed by atoms with van der Waals surface area (Å²) in [4.78, 5) is 14.4. The topological polar surface area (TPSA) is 46.3 Å². The van der Waals surface area contributed by atoms with Crippen LogP contribution in [0.25, 0.3) is 0 Å². The second-order valence-electron chi connectivity index (χ2n) is 6.30. The third-order valence-electron chi connectivity index (χ3n) is 4.61. The first-order valence-electron chi connectivity index (χ1n) is 7.62. The number of nitrogens with zero attached hydrogens (tertiary/aromatic N) is 1. The minimum absolute atomic E-state index is 0.195. The highest BCUT2D eigenvalue weighted by Gasteiger charge is 2.31. The number of piperidine rings is 1. The van der Waals surface area contributed by atoms with Gasteiger partial charge in [-0.3, -0.25) is 4.79 Å². The highest BCUT2D eigenvalue weighted by atomic mass is 16.2. The quantitative estimate of drug-likeness (QED) is 0.917. The first kappa shape index (κ1) is 15.0. The van der Waals surface area contributed by atoms with Crippen molar-refractivity contribution in [3.05, 3.63) is 35.9 Å². The summed E-state index contributed by atoms with van der Waals surface area (Å²) in [7, 11) is 0. The van der Waals surface area contributed by atoms with Gasteiger partial charge in [0.25, 0.3) is 0 Å².